The summed E-state index contributed by atoms with van der Waals surface area (Å²) >= 11 is 12.6. The number of benzene rings is 3. The Morgan fingerprint density at radius 3 is 2.43 bits per heavy atom. The fourth-order valence-electron chi connectivity index (χ4n) is 3.20. The fraction of sp³-hybridized carbons (Fsp3) is 0.0909. The fourth-order valence-corrected chi connectivity index (χ4v) is 3.59. The van der Waals surface area contributed by atoms with Crippen LogP contribution in [0.4, 0.5) is 0 Å². The third-order valence-electron chi connectivity index (χ3n) is 4.59. The standard InChI is InChI=1S/C22H16Cl2N2O2/c1-12-3-5-13(6-4-12)21-17-10-16(15-9-14(23)7-8-18(15)24)20(28-2)11-19(17)25-22(27)26-21/h3-11H,1-2H3,(H,25,26,27). The van der Waals surface area contributed by atoms with Crippen LogP contribution in [0.3, 0.4) is 0 Å². The lowest BCUT2D eigenvalue weighted by Crippen LogP contribution is -2.11. The van der Waals surface area contributed by atoms with Gasteiger partial charge in [-0.05, 0) is 31.2 Å². The molecule has 0 amide bonds. The smallest absolute Gasteiger partial charge is 0.345 e. The number of aromatic nitrogens is 2. The molecule has 1 heterocycles. The van der Waals surface area contributed by atoms with Gasteiger partial charge in [-0.1, -0.05) is 53.0 Å². The van der Waals surface area contributed by atoms with Crippen molar-refractivity contribution in [2.75, 3.05) is 7.11 Å². The molecule has 3 aromatic carbocycles. The van der Waals surface area contributed by atoms with E-state index in [1.165, 1.54) is 0 Å². The van der Waals surface area contributed by atoms with Gasteiger partial charge in [-0.15, -0.1) is 0 Å². The van der Waals surface area contributed by atoms with Gasteiger partial charge >= 0.3 is 5.69 Å². The third-order valence-corrected chi connectivity index (χ3v) is 5.16. The van der Waals surface area contributed by atoms with E-state index in [1.54, 1.807) is 31.4 Å². The van der Waals surface area contributed by atoms with E-state index in [1.807, 2.05) is 37.3 Å². The molecule has 0 saturated carbocycles. The summed E-state index contributed by atoms with van der Waals surface area (Å²) in [7, 11) is 1.57. The molecule has 0 aliphatic rings. The first-order valence-corrected chi connectivity index (χ1v) is 9.36. The zero-order valence-corrected chi connectivity index (χ0v) is 16.7. The van der Waals surface area contributed by atoms with Gasteiger partial charge in [0, 0.05) is 38.2 Å². The first kappa shape index (κ1) is 18.5. The van der Waals surface area contributed by atoms with Gasteiger partial charge in [0.05, 0.1) is 18.3 Å². The van der Waals surface area contributed by atoms with Crippen LogP contribution in [0.15, 0.2) is 59.4 Å². The number of methoxy groups -OCH3 is 1. The van der Waals surface area contributed by atoms with Crippen LogP contribution in [0.5, 0.6) is 5.75 Å². The Balaban J connectivity index is 2.06. The highest BCUT2D eigenvalue weighted by Gasteiger charge is 2.16. The van der Waals surface area contributed by atoms with Crippen LogP contribution in [-0.4, -0.2) is 17.1 Å². The SMILES string of the molecule is COc1cc2[nH]c(=O)nc(-c3ccc(C)cc3)c2cc1-c1cc(Cl)ccc1Cl. The minimum absolute atomic E-state index is 0.418. The Kier molecular flexibility index (Phi) is 4.84. The molecule has 0 radical (unpaired) electrons. The summed E-state index contributed by atoms with van der Waals surface area (Å²) in [5.74, 6) is 0.577. The topological polar surface area (TPSA) is 55.0 Å². The summed E-state index contributed by atoms with van der Waals surface area (Å²) in [5, 5.41) is 1.91. The van der Waals surface area contributed by atoms with Crippen molar-refractivity contribution in [3.8, 4) is 28.1 Å². The number of aromatic amines is 1. The van der Waals surface area contributed by atoms with Gasteiger partial charge in [-0.2, -0.15) is 4.98 Å². The van der Waals surface area contributed by atoms with Crippen LogP contribution in [-0.2, 0) is 0 Å². The van der Waals surface area contributed by atoms with Crippen molar-refractivity contribution in [1.82, 2.24) is 9.97 Å². The monoisotopic (exact) mass is 410 g/mol. The predicted molar refractivity (Wildman–Crippen MR) is 115 cm³/mol. The summed E-state index contributed by atoms with van der Waals surface area (Å²) in [6.45, 7) is 2.01. The van der Waals surface area contributed by atoms with Gasteiger partial charge in [0.25, 0.3) is 0 Å². The van der Waals surface area contributed by atoms with E-state index in [4.69, 9.17) is 27.9 Å². The van der Waals surface area contributed by atoms with Crippen molar-refractivity contribution in [3.05, 3.63) is 80.7 Å². The molecule has 0 saturated heterocycles. The van der Waals surface area contributed by atoms with Crippen LogP contribution in [0.2, 0.25) is 10.0 Å². The summed E-state index contributed by atoms with van der Waals surface area (Å²) in [4.78, 5) is 19.2. The molecule has 28 heavy (non-hydrogen) atoms. The number of nitrogens with one attached hydrogen (secondary N) is 1. The number of hydrogen-bond donors (Lipinski definition) is 1. The molecule has 0 spiro atoms. The molecular formula is C22H16Cl2N2O2. The maximum atomic E-state index is 12.2. The molecular weight excluding hydrogens is 395 g/mol. The number of fused-ring (bicyclic) bond motifs is 1. The quantitative estimate of drug-likeness (QED) is 0.458. The van der Waals surface area contributed by atoms with E-state index >= 15 is 0 Å². The number of rotatable bonds is 3. The maximum absolute atomic E-state index is 12.2. The Morgan fingerprint density at radius 1 is 0.964 bits per heavy atom. The highest BCUT2D eigenvalue weighted by atomic mass is 35.5. The van der Waals surface area contributed by atoms with Gasteiger partial charge < -0.3 is 9.72 Å². The van der Waals surface area contributed by atoms with Crippen LogP contribution in [0, 0.1) is 6.92 Å². The predicted octanol–water partition coefficient (Wildman–Crippen LogP) is 5.88. The average Bonchev–Trinajstić information content (AvgIpc) is 2.69. The van der Waals surface area contributed by atoms with E-state index in [-0.39, 0.29) is 0 Å². The number of hydrogen-bond acceptors (Lipinski definition) is 3. The lowest BCUT2D eigenvalue weighted by molar-refractivity contribution is 0.417. The molecule has 0 unspecified atom stereocenters. The van der Waals surface area contributed by atoms with Crippen molar-refractivity contribution in [1.29, 1.82) is 0 Å². The van der Waals surface area contributed by atoms with Crippen LogP contribution < -0.4 is 10.4 Å². The molecule has 0 aliphatic heterocycles. The molecule has 1 aromatic heterocycles. The van der Waals surface area contributed by atoms with Gasteiger partial charge in [0.2, 0.25) is 0 Å². The Bertz CT molecular complexity index is 1250. The van der Waals surface area contributed by atoms with Gasteiger partial charge in [-0.3, -0.25) is 0 Å². The summed E-state index contributed by atoms with van der Waals surface area (Å²) in [6, 6.07) is 16.8. The second-order valence-corrected chi connectivity index (χ2v) is 7.32. The summed E-state index contributed by atoms with van der Waals surface area (Å²) in [6.07, 6.45) is 0. The molecule has 0 aliphatic carbocycles. The van der Waals surface area contributed by atoms with E-state index in [2.05, 4.69) is 9.97 Å². The van der Waals surface area contributed by atoms with Crippen molar-refractivity contribution >= 4 is 34.1 Å². The Labute approximate surface area is 171 Å². The van der Waals surface area contributed by atoms with E-state index in [0.717, 1.165) is 27.6 Å². The normalized spacial score (nSPS) is 11.0. The van der Waals surface area contributed by atoms with E-state index in [0.29, 0.717) is 27.0 Å². The Morgan fingerprint density at radius 2 is 1.71 bits per heavy atom. The molecule has 0 fully saturated rings. The first-order chi connectivity index (χ1) is 13.5. The number of aryl methyl sites for hydroxylation is 1. The molecule has 140 valence electrons. The van der Waals surface area contributed by atoms with Crippen molar-refractivity contribution in [3.63, 3.8) is 0 Å². The summed E-state index contributed by atoms with van der Waals surface area (Å²) < 4.78 is 5.56. The third kappa shape index (κ3) is 3.37. The second kappa shape index (κ2) is 7.30. The van der Waals surface area contributed by atoms with Gasteiger partial charge in [0.1, 0.15) is 5.75 Å². The second-order valence-electron chi connectivity index (χ2n) is 6.48. The number of H-pyrrole nitrogens is 1. The number of ether oxygens (including phenoxy) is 1. The lowest BCUT2D eigenvalue weighted by Gasteiger charge is -2.14. The molecule has 4 nitrogen and oxygen atoms in total. The van der Waals surface area contributed by atoms with E-state index < -0.39 is 5.69 Å². The molecule has 1 N–H and O–H groups in total. The van der Waals surface area contributed by atoms with E-state index in [9.17, 15) is 4.79 Å². The minimum Gasteiger partial charge on any atom is -0.496 e. The highest BCUT2D eigenvalue weighted by molar-refractivity contribution is 6.35. The van der Waals surface area contributed by atoms with Crippen LogP contribution in [0.25, 0.3) is 33.3 Å². The molecule has 0 bridgehead atoms. The van der Waals surface area contributed by atoms with Crippen molar-refractivity contribution < 1.29 is 4.74 Å². The van der Waals surface area contributed by atoms with Crippen molar-refractivity contribution in [2.24, 2.45) is 0 Å². The average molecular weight is 411 g/mol. The number of nitrogens with zero attached hydrogens (tertiary/aromatic N) is 1. The Hall–Kier alpha value is -2.82. The van der Waals surface area contributed by atoms with Crippen LogP contribution >= 0.6 is 23.2 Å². The highest BCUT2D eigenvalue weighted by Crippen LogP contribution is 2.40. The molecule has 4 aromatic rings. The molecule has 0 atom stereocenters. The molecule has 4 rings (SSSR count). The van der Waals surface area contributed by atoms with Gasteiger partial charge in [0.15, 0.2) is 0 Å². The largest absolute Gasteiger partial charge is 0.496 e. The lowest BCUT2D eigenvalue weighted by atomic mass is 9.99. The zero-order valence-electron chi connectivity index (χ0n) is 15.2. The maximum Gasteiger partial charge on any atom is 0.345 e. The summed E-state index contributed by atoms with van der Waals surface area (Å²) in [5.41, 5.74) is 4.31. The molecule has 6 heteroatoms. The zero-order chi connectivity index (χ0) is 19.8. The van der Waals surface area contributed by atoms with Crippen molar-refractivity contribution in [2.45, 2.75) is 6.92 Å². The number of halogens is 2. The van der Waals surface area contributed by atoms with Crippen LogP contribution in [0.1, 0.15) is 5.56 Å². The minimum atomic E-state index is -0.418. The first-order valence-electron chi connectivity index (χ1n) is 8.61. The van der Waals surface area contributed by atoms with Gasteiger partial charge in [-0.25, -0.2) is 4.79 Å².